The summed E-state index contributed by atoms with van der Waals surface area (Å²) in [7, 11) is 0. The van der Waals surface area contributed by atoms with Gasteiger partial charge in [-0.05, 0) is 44.2 Å². The van der Waals surface area contributed by atoms with Gasteiger partial charge in [-0.3, -0.25) is 0 Å². The molecule has 88 valence electrons. The molecule has 0 aromatic heterocycles. The van der Waals surface area contributed by atoms with E-state index >= 15 is 0 Å². The minimum absolute atomic E-state index is 0.454. The van der Waals surface area contributed by atoms with E-state index in [1.807, 2.05) is 0 Å². The first-order valence-electron chi connectivity index (χ1n) is 6.72. The Morgan fingerprint density at radius 2 is 2.13 bits per heavy atom. The highest BCUT2D eigenvalue weighted by Crippen LogP contribution is 2.30. The highest BCUT2D eigenvalue weighted by Gasteiger charge is 2.22. The van der Waals surface area contributed by atoms with Crippen LogP contribution in [0.2, 0.25) is 0 Å². The van der Waals surface area contributed by atoms with E-state index in [1.165, 1.54) is 51.6 Å². The Labute approximate surface area is 94.2 Å². The highest BCUT2D eigenvalue weighted by molar-refractivity contribution is 4.79. The van der Waals surface area contributed by atoms with E-state index in [1.54, 1.807) is 0 Å². The third kappa shape index (κ3) is 3.46. The molecule has 1 heterocycles. The Morgan fingerprint density at radius 3 is 2.80 bits per heavy atom. The van der Waals surface area contributed by atoms with Crippen molar-refractivity contribution in [2.75, 3.05) is 19.6 Å². The van der Waals surface area contributed by atoms with E-state index in [2.05, 4.69) is 11.8 Å². The standard InChI is InChI=1S/C13H26N2/c1-11-3-2-4-12(9-11)5-7-15-8-6-13(14)10-15/h11-13H,2-10,14H2,1H3/t11?,12?,13-/m1/s1. The van der Waals surface area contributed by atoms with Crippen LogP contribution in [0.25, 0.3) is 0 Å². The predicted molar refractivity (Wildman–Crippen MR) is 64.8 cm³/mol. The van der Waals surface area contributed by atoms with Crippen molar-refractivity contribution >= 4 is 0 Å². The van der Waals surface area contributed by atoms with Gasteiger partial charge >= 0.3 is 0 Å². The van der Waals surface area contributed by atoms with Gasteiger partial charge in [0.05, 0.1) is 0 Å². The molecule has 2 aliphatic rings. The maximum Gasteiger partial charge on any atom is 0.0180 e. The molecule has 2 N–H and O–H groups in total. The second kappa shape index (κ2) is 5.31. The molecular formula is C13H26N2. The minimum Gasteiger partial charge on any atom is -0.326 e. The molecule has 3 atom stereocenters. The minimum atomic E-state index is 0.454. The van der Waals surface area contributed by atoms with Gasteiger partial charge in [0.15, 0.2) is 0 Å². The largest absolute Gasteiger partial charge is 0.326 e. The number of likely N-dealkylation sites (tertiary alicyclic amines) is 1. The summed E-state index contributed by atoms with van der Waals surface area (Å²) in [6.45, 7) is 6.09. The lowest BCUT2D eigenvalue weighted by atomic mass is 9.81. The lowest BCUT2D eigenvalue weighted by molar-refractivity contribution is 0.231. The average molecular weight is 210 g/mol. The summed E-state index contributed by atoms with van der Waals surface area (Å²) < 4.78 is 0. The van der Waals surface area contributed by atoms with Gasteiger partial charge in [-0.15, -0.1) is 0 Å². The summed E-state index contributed by atoms with van der Waals surface area (Å²) in [5.74, 6) is 1.98. The maximum atomic E-state index is 5.91. The first-order chi connectivity index (χ1) is 7.24. The first-order valence-corrected chi connectivity index (χ1v) is 6.72. The fourth-order valence-electron chi connectivity index (χ4n) is 3.25. The molecule has 1 saturated carbocycles. The van der Waals surface area contributed by atoms with Crippen LogP contribution in [-0.2, 0) is 0 Å². The van der Waals surface area contributed by atoms with Gasteiger partial charge in [0, 0.05) is 12.6 Å². The van der Waals surface area contributed by atoms with Crippen LogP contribution in [0.1, 0.15) is 45.4 Å². The quantitative estimate of drug-likeness (QED) is 0.774. The average Bonchev–Trinajstić information content (AvgIpc) is 2.62. The van der Waals surface area contributed by atoms with Gasteiger partial charge in [-0.25, -0.2) is 0 Å². The Balaban J connectivity index is 1.64. The highest BCUT2D eigenvalue weighted by atomic mass is 15.2. The van der Waals surface area contributed by atoms with Crippen LogP contribution in [0.15, 0.2) is 0 Å². The van der Waals surface area contributed by atoms with Crippen molar-refractivity contribution in [3.8, 4) is 0 Å². The lowest BCUT2D eigenvalue weighted by Crippen LogP contribution is -2.29. The Bertz CT molecular complexity index is 193. The zero-order valence-corrected chi connectivity index (χ0v) is 10.1. The molecule has 1 aliphatic heterocycles. The van der Waals surface area contributed by atoms with E-state index in [-0.39, 0.29) is 0 Å². The van der Waals surface area contributed by atoms with Crippen LogP contribution in [0.4, 0.5) is 0 Å². The first kappa shape index (κ1) is 11.4. The monoisotopic (exact) mass is 210 g/mol. The molecule has 0 amide bonds. The van der Waals surface area contributed by atoms with Crippen molar-refractivity contribution in [2.45, 2.75) is 51.5 Å². The molecule has 2 nitrogen and oxygen atoms in total. The topological polar surface area (TPSA) is 29.3 Å². The van der Waals surface area contributed by atoms with Crippen molar-refractivity contribution in [1.82, 2.24) is 4.90 Å². The summed E-state index contributed by atoms with van der Waals surface area (Å²) in [4.78, 5) is 2.56. The van der Waals surface area contributed by atoms with E-state index in [0.717, 1.165) is 18.4 Å². The summed E-state index contributed by atoms with van der Waals surface area (Å²) in [6.07, 6.45) is 8.50. The summed E-state index contributed by atoms with van der Waals surface area (Å²) in [5, 5.41) is 0. The molecule has 2 rings (SSSR count). The smallest absolute Gasteiger partial charge is 0.0180 e. The fraction of sp³-hybridized carbons (Fsp3) is 1.00. The molecule has 0 aromatic carbocycles. The molecule has 1 aliphatic carbocycles. The van der Waals surface area contributed by atoms with Crippen LogP contribution in [0.3, 0.4) is 0 Å². The molecule has 0 radical (unpaired) electrons. The second-order valence-electron chi connectivity index (χ2n) is 5.78. The molecular weight excluding hydrogens is 184 g/mol. The third-order valence-electron chi connectivity index (χ3n) is 4.21. The van der Waals surface area contributed by atoms with Crippen molar-refractivity contribution in [2.24, 2.45) is 17.6 Å². The maximum absolute atomic E-state index is 5.91. The molecule has 2 heteroatoms. The number of nitrogens with zero attached hydrogens (tertiary/aromatic N) is 1. The van der Waals surface area contributed by atoms with Gasteiger partial charge in [0.2, 0.25) is 0 Å². The Morgan fingerprint density at radius 1 is 1.27 bits per heavy atom. The van der Waals surface area contributed by atoms with Crippen molar-refractivity contribution in [3.63, 3.8) is 0 Å². The normalized spacial score (nSPS) is 38.4. The molecule has 1 saturated heterocycles. The zero-order chi connectivity index (χ0) is 10.7. The van der Waals surface area contributed by atoms with Gasteiger partial charge in [0.1, 0.15) is 0 Å². The summed E-state index contributed by atoms with van der Waals surface area (Å²) >= 11 is 0. The zero-order valence-electron chi connectivity index (χ0n) is 10.1. The van der Waals surface area contributed by atoms with Gasteiger partial charge in [-0.1, -0.05) is 26.2 Å². The van der Waals surface area contributed by atoms with Crippen LogP contribution in [-0.4, -0.2) is 30.6 Å². The Kier molecular flexibility index (Phi) is 4.04. The lowest BCUT2D eigenvalue weighted by Gasteiger charge is -2.28. The van der Waals surface area contributed by atoms with Gasteiger partial charge < -0.3 is 10.6 Å². The Hall–Kier alpha value is -0.0800. The van der Waals surface area contributed by atoms with E-state index < -0.39 is 0 Å². The van der Waals surface area contributed by atoms with Crippen LogP contribution in [0, 0.1) is 11.8 Å². The molecule has 2 fully saturated rings. The molecule has 2 unspecified atom stereocenters. The molecule has 15 heavy (non-hydrogen) atoms. The third-order valence-corrected chi connectivity index (χ3v) is 4.21. The second-order valence-corrected chi connectivity index (χ2v) is 5.78. The van der Waals surface area contributed by atoms with E-state index in [4.69, 9.17) is 5.73 Å². The van der Waals surface area contributed by atoms with E-state index in [0.29, 0.717) is 6.04 Å². The SMILES string of the molecule is CC1CCCC(CCN2CC[C@@H](N)C2)C1. The van der Waals surface area contributed by atoms with E-state index in [9.17, 15) is 0 Å². The van der Waals surface area contributed by atoms with Gasteiger partial charge in [-0.2, -0.15) is 0 Å². The summed E-state index contributed by atoms with van der Waals surface area (Å²) in [5.41, 5.74) is 5.91. The molecule has 0 spiro atoms. The van der Waals surface area contributed by atoms with Crippen molar-refractivity contribution < 1.29 is 0 Å². The van der Waals surface area contributed by atoms with Crippen molar-refractivity contribution in [1.29, 1.82) is 0 Å². The van der Waals surface area contributed by atoms with Crippen LogP contribution >= 0.6 is 0 Å². The number of rotatable bonds is 3. The number of nitrogens with two attached hydrogens (primary N) is 1. The van der Waals surface area contributed by atoms with Crippen LogP contribution < -0.4 is 5.73 Å². The molecule has 0 bridgehead atoms. The predicted octanol–water partition coefficient (Wildman–Crippen LogP) is 2.24. The molecule has 0 aromatic rings. The fourth-order valence-corrected chi connectivity index (χ4v) is 3.25. The van der Waals surface area contributed by atoms with Crippen molar-refractivity contribution in [3.05, 3.63) is 0 Å². The number of hydrogen-bond donors (Lipinski definition) is 1. The summed E-state index contributed by atoms with van der Waals surface area (Å²) in [6, 6.07) is 0.454. The van der Waals surface area contributed by atoms with Crippen LogP contribution in [0.5, 0.6) is 0 Å². The number of hydrogen-bond acceptors (Lipinski definition) is 2. The van der Waals surface area contributed by atoms with Gasteiger partial charge in [0.25, 0.3) is 0 Å².